The molecule has 1 rings (SSSR count). The summed E-state index contributed by atoms with van der Waals surface area (Å²) in [6, 6.07) is 7.07. The second kappa shape index (κ2) is 7.83. The van der Waals surface area contributed by atoms with Crippen molar-refractivity contribution in [3.63, 3.8) is 0 Å². The number of carbonyl (C=O) groups is 1. The van der Waals surface area contributed by atoms with Crippen LogP contribution in [0.2, 0.25) is 0 Å². The molecule has 0 radical (unpaired) electrons. The third kappa shape index (κ3) is 6.90. The molecule has 0 aliphatic rings. The highest BCUT2D eigenvalue weighted by atomic mass is 16.6. The van der Waals surface area contributed by atoms with Gasteiger partial charge in [0.1, 0.15) is 5.60 Å². The van der Waals surface area contributed by atoms with E-state index in [0.717, 1.165) is 0 Å². The fraction of sp³-hybridized carbons (Fsp3) is 0.400. The summed E-state index contributed by atoms with van der Waals surface area (Å²) in [6.07, 6.45) is 0.0166. The van der Waals surface area contributed by atoms with Crippen LogP contribution >= 0.6 is 0 Å². The molecule has 0 aromatic heterocycles. The number of amides is 1. The second-order valence-electron chi connectivity index (χ2n) is 5.19. The molecule has 0 unspecified atom stereocenters. The van der Waals surface area contributed by atoms with Gasteiger partial charge in [0.2, 0.25) is 0 Å². The lowest BCUT2D eigenvalue weighted by Gasteiger charge is -2.19. The molecule has 0 aliphatic heterocycles. The summed E-state index contributed by atoms with van der Waals surface area (Å²) in [5.74, 6) is 5.83. The Morgan fingerprint density at radius 1 is 1.43 bits per heavy atom. The maximum absolute atomic E-state index is 11.4. The Morgan fingerprint density at radius 2 is 2.14 bits per heavy atom. The molecule has 0 bridgehead atoms. The second-order valence-corrected chi connectivity index (χ2v) is 5.19. The molecule has 0 saturated carbocycles. The van der Waals surface area contributed by atoms with Gasteiger partial charge in [0.15, 0.2) is 0 Å². The van der Waals surface area contributed by atoms with Gasteiger partial charge in [-0.3, -0.25) is 0 Å². The zero-order valence-corrected chi connectivity index (χ0v) is 12.4. The van der Waals surface area contributed by atoms with Gasteiger partial charge >= 0.3 is 6.09 Å². The van der Waals surface area contributed by atoms with Crippen molar-refractivity contribution in [1.82, 2.24) is 5.32 Å². The Kier molecular flexibility index (Phi) is 6.12. The molecule has 1 aromatic rings. The lowest BCUT2D eigenvalue weighted by atomic mass is 10.2. The average molecular weight is 286 g/mol. The van der Waals surface area contributed by atoms with Crippen molar-refractivity contribution in [2.24, 2.45) is 5.11 Å². The molecule has 0 spiro atoms. The van der Waals surface area contributed by atoms with E-state index in [1.807, 2.05) is 6.07 Å². The van der Waals surface area contributed by atoms with Gasteiger partial charge in [-0.1, -0.05) is 35.2 Å². The van der Waals surface area contributed by atoms with Gasteiger partial charge in [0, 0.05) is 23.4 Å². The van der Waals surface area contributed by atoms with Gasteiger partial charge < -0.3 is 10.1 Å². The number of nitrogens with one attached hydrogen (secondary N) is 1. The van der Waals surface area contributed by atoms with E-state index in [0.29, 0.717) is 24.2 Å². The summed E-state index contributed by atoms with van der Waals surface area (Å²) in [5, 5.41) is 6.18. The van der Waals surface area contributed by atoms with Crippen LogP contribution in [0.1, 0.15) is 32.8 Å². The van der Waals surface area contributed by atoms with Gasteiger partial charge in [0.25, 0.3) is 0 Å². The molecular weight excluding hydrogens is 268 g/mol. The van der Waals surface area contributed by atoms with E-state index in [1.165, 1.54) is 0 Å². The zero-order chi connectivity index (χ0) is 15.7. The van der Waals surface area contributed by atoms with E-state index in [-0.39, 0.29) is 0 Å². The highest BCUT2D eigenvalue weighted by molar-refractivity contribution is 5.67. The number of nitrogens with zero attached hydrogens (tertiary/aromatic N) is 3. The first-order valence-electron chi connectivity index (χ1n) is 6.52. The van der Waals surface area contributed by atoms with Gasteiger partial charge in [-0.2, -0.15) is 0 Å². The number of rotatable bonds is 3. The Hall–Kier alpha value is -2.64. The highest BCUT2D eigenvalue weighted by Crippen LogP contribution is 2.17. The van der Waals surface area contributed by atoms with Crippen molar-refractivity contribution in [2.75, 3.05) is 6.54 Å². The van der Waals surface area contributed by atoms with Crippen LogP contribution in [0.3, 0.4) is 0 Å². The Balaban J connectivity index is 2.47. The van der Waals surface area contributed by atoms with E-state index in [1.54, 1.807) is 39.0 Å². The van der Waals surface area contributed by atoms with E-state index in [4.69, 9.17) is 10.3 Å². The molecular formula is C15H18N4O2. The van der Waals surface area contributed by atoms with Crippen LogP contribution in [-0.2, 0) is 4.74 Å². The van der Waals surface area contributed by atoms with Gasteiger partial charge in [-0.15, -0.1) is 0 Å². The predicted octanol–water partition coefficient (Wildman–Crippen LogP) is 3.89. The molecule has 1 N–H and O–H groups in total. The van der Waals surface area contributed by atoms with E-state index < -0.39 is 11.7 Å². The highest BCUT2D eigenvalue weighted by Gasteiger charge is 2.15. The molecule has 110 valence electrons. The smallest absolute Gasteiger partial charge is 0.407 e. The Labute approximate surface area is 124 Å². The molecule has 0 saturated heterocycles. The first kappa shape index (κ1) is 16.4. The normalized spacial score (nSPS) is 9.86. The van der Waals surface area contributed by atoms with Crippen LogP contribution in [-0.4, -0.2) is 18.2 Å². The zero-order valence-electron chi connectivity index (χ0n) is 12.4. The van der Waals surface area contributed by atoms with Crippen molar-refractivity contribution in [3.8, 4) is 11.8 Å². The quantitative estimate of drug-likeness (QED) is 0.300. The molecule has 0 fully saturated rings. The summed E-state index contributed by atoms with van der Waals surface area (Å²) < 4.78 is 5.10. The van der Waals surface area contributed by atoms with Crippen LogP contribution in [0.15, 0.2) is 29.4 Å². The SMILES string of the molecule is CC(C)(C)OC(=O)NCCC#Cc1ccccc1N=[N+]=[N-]. The minimum absolute atomic E-state index is 0.394. The lowest BCUT2D eigenvalue weighted by molar-refractivity contribution is 0.0529. The van der Waals surface area contributed by atoms with Gasteiger partial charge in [0.05, 0.1) is 5.69 Å². The fourth-order valence-corrected chi connectivity index (χ4v) is 1.41. The molecule has 6 nitrogen and oxygen atoms in total. The van der Waals surface area contributed by atoms with E-state index in [2.05, 4.69) is 27.2 Å². The fourth-order valence-electron chi connectivity index (χ4n) is 1.41. The van der Waals surface area contributed by atoms with Gasteiger partial charge in [-0.25, -0.2) is 4.79 Å². The average Bonchev–Trinajstić information content (AvgIpc) is 2.38. The molecule has 21 heavy (non-hydrogen) atoms. The number of carbonyl (C=O) groups excluding carboxylic acids is 1. The number of hydrogen-bond acceptors (Lipinski definition) is 3. The Morgan fingerprint density at radius 3 is 2.81 bits per heavy atom. The molecule has 6 heteroatoms. The van der Waals surface area contributed by atoms with Crippen LogP contribution in [0.4, 0.5) is 10.5 Å². The van der Waals surface area contributed by atoms with Crippen molar-refractivity contribution in [1.29, 1.82) is 0 Å². The van der Waals surface area contributed by atoms with E-state index >= 15 is 0 Å². The molecule has 1 aromatic carbocycles. The van der Waals surface area contributed by atoms with Gasteiger partial charge in [-0.05, 0) is 32.4 Å². The number of azide groups is 1. The molecule has 0 heterocycles. The largest absolute Gasteiger partial charge is 0.444 e. The van der Waals surface area contributed by atoms with Crippen molar-refractivity contribution < 1.29 is 9.53 Å². The number of ether oxygens (including phenoxy) is 1. The maximum atomic E-state index is 11.4. The van der Waals surface area contributed by atoms with Crippen LogP contribution in [0, 0.1) is 11.8 Å². The predicted molar refractivity (Wildman–Crippen MR) is 81.0 cm³/mol. The number of alkyl carbamates (subject to hydrolysis) is 1. The van der Waals surface area contributed by atoms with Crippen molar-refractivity contribution in [3.05, 3.63) is 40.3 Å². The minimum atomic E-state index is -0.510. The monoisotopic (exact) mass is 286 g/mol. The van der Waals surface area contributed by atoms with Crippen LogP contribution in [0.5, 0.6) is 0 Å². The number of benzene rings is 1. The summed E-state index contributed by atoms with van der Waals surface area (Å²) in [7, 11) is 0. The van der Waals surface area contributed by atoms with E-state index in [9.17, 15) is 4.79 Å². The molecule has 0 aliphatic carbocycles. The third-order valence-corrected chi connectivity index (χ3v) is 2.20. The summed E-state index contributed by atoms with van der Waals surface area (Å²) >= 11 is 0. The number of hydrogen-bond donors (Lipinski definition) is 1. The van der Waals surface area contributed by atoms with Crippen molar-refractivity contribution in [2.45, 2.75) is 32.8 Å². The Bertz CT molecular complexity index is 602. The lowest BCUT2D eigenvalue weighted by Crippen LogP contribution is -2.32. The molecule has 1 amide bonds. The summed E-state index contributed by atoms with van der Waals surface area (Å²) in [6.45, 7) is 5.81. The molecule has 0 atom stereocenters. The minimum Gasteiger partial charge on any atom is -0.444 e. The van der Waals surface area contributed by atoms with Crippen LogP contribution < -0.4 is 5.32 Å². The standard InChI is InChI=1S/C15H18N4O2/c1-15(2,3)21-14(20)17-11-7-6-9-12-8-4-5-10-13(12)18-19-16/h4-5,8,10H,7,11H2,1-3H3,(H,17,20). The summed E-state index contributed by atoms with van der Waals surface area (Å²) in [5.41, 5.74) is 9.10. The summed E-state index contributed by atoms with van der Waals surface area (Å²) in [4.78, 5) is 14.1. The maximum Gasteiger partial charge on any atom is 0.407 e. The first-order valence-corrected chi connectivity index (χ1v) is 6.52. The van der Waals surface area contributed by atoms with Crippen LogP contribution in [0.25, 0.3) is 10.4 Å². The topological polar surface area (TPSA) is 87.1 Å². The third-order valence-electron chi connectivity index (χ3n) is 2.20. The van der Waals surface area contributed by atoms with Crippen molar-refractivity contribution >= 4 is 11.8 Å². The first-order chi connectivity index (χ1) is 9.92.